The standard InChI is InChI=1S/C30H27N5O2/c1-20-31-25(21-10-6-4-7-11-21)18-29(32-20)35(2)24-14-15-27(37-3)23(16-24)17-28-33-26(19-30(36)34-28)22-12-8-5-9-13-22/h4-16,18-19H,17H2,1-3H3,(H,33,34,36). The summed E-state index contributed by atoms with van der Waals surface area (Å²) >= 11 is 0. The number of H-pyrrole nitrogens is 1. The first-order valence-electron chi connectivity index (χ1n) is 12.0. The van der Waals surface area contributed by atoms with Crippen LogP contribution < -0.4 is 15.2 Å². The summed E-state index contributed by atoms with van der Waals surface area (Å²) in [6.07, 6.45) is 0.402. The van der Waals surface area contributed by atoms with Crippen molar-refractivity contribution in [2.75, 3.05) is 19.1 Å². The Bertz CT molecular complexity index is 1580. The molecule has 7 heteroatoms. The van der Waals surface area contributed by atoms with Crippen LogP contribution in [0.2, 0.25) is 0 Å². The van der Waals surface area contributed by atoms with Crippen molar-refractivity contribution in [2.24, 2.45) is 0 Å². The first kappa shape index (κ1) is 23.9. The zero-order valence-corrected chi connectivity index (χ0v) is 21.0. The van der Waals surface area contributed by atoms with E-state index in [1.807, 2.05) is 104 Å². The van der Waals surface area contributed by atoms with Crippen LogP contribution in [0.1, 0.15) is 17.2 Å². The number of aryl methyl sites for hydroxylation is 1. The van der Waals surface area contributed by atoms with E-state index in [-0.39, 0.29) is 5.56 Å². The summed E-state index contributed by atoms with van der Waals surface area (Å²) in [6.45, 7) is 1.89. The van der Waals surface area contributed by atoms with Gasteiger partial charge in [0, 0.05) is 48.0 Å². The van der Waals surface area contributed by atoms with Gasteiger partial charge in [0.05, 0.1) is 18.5 Å². The molecule has 1 N–H and O–H groups in total. The third-order valence-electron chi connectivity index (χ3n) is 6.11. The molecule has 0 saturated heterocycles. The number of rotatable bonds is 7. The highest BCUT2D eigenvalue weighted by Gasteiger charge is 2.14. The number of aromatic amines is 1. The summed E-state index contributed by atoms with van der Waals surface area (Å²) in [7, 11) is 3.61. The van der Waals surface area contributed by atoms with Gasteiger partial charge in [0.15, 0.2) is 0 Å². The normalized spacial score (nSPS) is 10.8. The van der Waals surface area contributed by atoms with Crippen LogP contribution in [0.25, 0.3) is 22.5 Å². The fourth-order valence-electron chi connectivity index (χ4n) is 4.25. The van der Waals surface area contributed by atoms with Gasteiger partial charge in [0.2, 0.25) is 0 Å². The highest BCUT2D eigenvalue weighted by Crippen LogP contribution is 2.31. The van der Waals surface area contributed by atoms with Crippen LogP contribution in [0.3, 0.4) is 0 Å². The van der Waals surface area contributed by atoms with E-state index in [9.17, 15) is 4.79 Å². The van der Waals surface area contributed by atoms with E-state index in [4.69, 9.17) is 9.72 Å². The molecular weight excluding hydrogens is 462 g/mol. The molecule has 5 aromatic rings. The molecule has 7 nitrogen and oxygen atoms in total. The Labute approximate surface area is 215 Å². The lowest BCUT2D eigenvalue weighted by atomic mass is 10.1. The lowest BCUT2D eigenvalue weighted by Gasteiger charge is -2.21. The third-order valence-corrected chi connectivity index (χ3v) is 6.11. The van der Waals surface area contributed by atoms with E-state index >= 15 is 0 Å². The fraction of sp³-hybridized carbons (Fsp3) is 0.133. The van der Waals surface area contributed by atoms with Crippen molar-refractivity contribution in [3.8, 4) is 28.3 Å². The molecule has 0 unspecified atom stereocenters. The van der Waals surface area contributed by atoms with Gasteiger partial charge < -0.3 is 14.6 Å². The largest absolute Gasteiger partial charge is 0.496 e. The molecule has 0 aliphatic carbocycles. The van der Waals surface area contributed by atoms with Crippen molar-refractivity contribution in [3.63, 3.8) is 0 Å². The van der Waals surface area contributed by atoms with Crippen LogP contribution in [0, 0.1) is 6.92 Å². The molecule has 0 saturated carbocycles. The van der Waals surface area contributed by atoms with Gasteiger partial charge >= 0.3 is 0 Å². The summed E-state index contributed by atoms with van der Waals surface area (Å²) in [5.74, 6) is 2.75. The Hall–Kier alpha value is -4.78. The lowest BCUT2D eigenvalue weighted by molar-refractivity contribution is 0.410. The molecule has 3 aromatic carbocycles. The Morgan fingerprint density at radius 2 is 1.46 bits per heavy atom. The number of nitrogens with zero attached hydrogens (tertiary/aromatic N) is 4. The second-order valence-electron chi connectivity index (χ2n) is 8.70. The molecule has 184 valence electrons. The third kappa shape index (κ3) is 5.41. The minimum Gasteiger partial charge on any atom is -0.496 e. The van der Waals surface area contributed by atoms with Crippen LogP contribution in [0.5, 0.6) is 5.75 Å². The quantitative estimate of drug-likeness (QED) is 0.322. The van der Waals surface area contributed by atoms with Crippen LogP contribution in [0.4, 0.5) is 11.5 Å². The monoisotopic (exact) mass is 489 g/mol. The molecule has 0 aliphatic rings. The molecule has 0 fully saturated rings. The summed E-state index contributed by atoms with van der Waals surface area (Å²) in [4.78, 5) is 31.3. The summed E-state index contributed by atoms with van der Waals surface area (Å²) in [5, 5.41) is 0. The van der Waals surface area contributed by atoms with Gasteiger partial charge in [0.1, 0.15) is 23.2 Å². The van der Waals surface area contributed by atoms with Crippen molar-refractivity contribution in [1.29, 1.82) is 0 Å². The number of aromatic nitrogens is 4. The first-order chi connectivity index (χ1) is 18.0. The molecule has 5 rings (SSSR count). The molecule has 0 spiro atoms. The van der Waals surface area contributed by atoms with Crippen molar-refractivity contribution < 1.29 is 4.74 Å². The van der Waals surface area contributed by atoms with Gasteiger partial charge in [-0.3, -0.25) is 4.79 Å². The fourth-order valence-corrected chi connectivity index (χ4v) is 4.25. The maximum absolute atomic E-state index is 12.4. The van der Waals surface area contributed by atoms with E-state index in [0.29, 0.717) is 29.5 Å². The van der Waals surface area contributed by atoms with Crippen LogP contribution in [0.15, 0.2) is 95.8 Å². The van der Waals surface area contributed by atoms with Crippen LogP contribution in [-0.2, 0) is 6.42 Å². The minimum absolute atomic E-state index is 0.194. The predicted octanol–water partition coefficient (Wildman–Crippen LogP) is 5.57. The van der Waals surface area contributed by atoms with Gasteiger partial charge in [-0.1, -0.05) is 60.7 Å². The van der Waals surface area contributed by atoms with Crippen LogP contribution >= 0.6 is 0 Å². The molecule has 2 heterocycles. The second kappa shape index (κ2) is 10.5. The molecule has 0 aliphatic heterocycles. The zero-order valence-electron chi connectivity index (χ0n) is 21.0. The second-order valence-corrected chi connectivity index (χ2v) is 8.70. The number of hydrogen-bond acceptors (Lipinski definition) is 6. The molecule has 0 bridgehead atoms. The highest BCUT2D eigenvalue weighted by molar-refractivity contribution is 5.68. The Morgan fingerprint density at radius 3 is 2.11 bits per heavy atom. The predicted molar refractivity (Wildman–Crippen MR) is 146 cm³/mol. The average Bonchev–Trinajstić information content (AvgIpc) is 2.93. The average molecular weight is 490 g/mol. The van der Waals surface area contributed by atoms with Crippen molar-refractivity contribution in [1.82, 2.24) is 19.9 Å². The van der Waals surface area contributed by atoms with E-state index in [1.165, 1.54) is 6.07 Å². The number of hydrogen-bond donors (Lipinski definition) is 1. The number of anilines is 2. The van der Waals surface area contributed by atoms with E-state index in [1.54, 1.807) is 7.11 Å². The Morgan fingerprint density at radius 1 is 0.811 bits per heavy atom. The number of ether oxygens (including phenoxy) is 1. The van der Waals surface area contributed by atoms with Gasteiger partial charge in [0.25, 0.3) is 5.56 Å². The molecule has 37 heavy (non-hydrogen) atoms. The van der Waals surface area contributed by atoms with E-state index < -0.39 is 0 Å². The summed E-state index contributed by atoms with van der Waals surface area (Å²) < 4.78 is 5.64. The SMILES string of the molecule is COc1ccc(N(C)c2cc(-c3ccccc3)nc(C)n2)cc1Cc1nc(-c2ccccc2)cc(=O)[nH]1. The van der Waals surface area contributed by atoms with Gasteiger partial charge in [-0.2, -0.15) is 0 Å². The first-order valence-corrected chi connectivity index (χ1v) is 12.0. The molecule has 2 aromatic heterocycles. The smallest absolute Gasteiger partial charge is 0.251 e. The Balaban J connectivity index is 1.49. The maximum Gasteiger partial charge on any atom is 0.251 e. The molecule has 0 amide bonds. The van der Waals surface area contributed by atoms with E-state index in [0.717, 1.165) is 33.9 Å². The van der Waals surface area contributed by atoms with Gasteiger partial charge in [-0.15, -0.1) is 0 Å². The number of benzene rings is 3. The summed E-state index contributed by atoms with van der Waals surface area (Å²) in [6, 6.07) is 29.2. The Kier molecular flexibility index (Phi) is 6.76. The topological polar surface area (TPSA) is 84.0 Å². The lowest BCUT2D eigenvalue weighted by Crippen LogP contribution is -2.14. The maximum atomic E-state index is 12.4. The van der Waals surface area contributed by atoms with Gasteiger partial charge in [-0.05, 0) is 25.1 Å². The molecule has 0 atom stereocenters. The number of methoxy groups -OCH3 is 1. The molecule has 0 radical (unpaired) electrons. The van der Waals surface area contributed by atoms with Crippen LogP contribution in [-0.4, -0.2) is 34.1 Å². The molecular formula is C30H27N5O2. The van der Waals surface area contributed by atoms with Crippen molar-refractivity contribution in [3.05, 3.63) is 119 Å². The van der Waals surface area contributed by atoms with E-state index in [2.05, 4.69) is 15.0 Å². The van der Waals surface area contributed by atoms with Crippen molar-refractivity contribution in [2.45, 2.75) is 13.3 Å². The minimum atomic E-state index is -0.194. The highest BCUT2D eigenvalue weighted by atomic mass is 16.5. The van der Waals surface area contributed by atoms with Gasteiger partial charge in [-0.25, -0.2) is 15.0 Å². The summed E-state index contributed by atoms with van der Waals surface area (Å²) in [5.41, 5.74) is 5.06. The van der Waals surface area contributed by atoms with Crippen molar-refractivity contribution >= 4 is 11.5 Å². The zero-order chi connectivity index (χ0) is 25.8. The number of nitrogens with one attached hydrogen (secondary N) is 1.